The Bertz CT molecular complexity index is 777. The molecule has 0 atom stereocenters. The second-order valence-corrected chi connectivity index (χ2v) is 6.60. The average Bonchev–Trinajstić information content (AvgIpc) is 2.95. The summed E-state index contributed by atoms with van der Waals surface area (Å²) in [6, 6.07) is 12.8. The molecule has 0 aliphatic rings. The molecule has 1 N–H and O–H groups in total. The van der Waals surface area contributed by atoms with Gasteiger partial charge in [0.05, 0.1) is 5.69 Å². The van der Waals surface area contributed by atoms with Crippen molar-refractivity contribution in [2.24, 2.45) is 0 Å². The lowest BCUT2D eigenvalue weighted by molar-refractivity contribution is 0.626. The first-order chi connectivity index (χ1) is 10.7. The lowest BCUT2D eigenvalue weighted by Crippen LogP contribution is -1.92. The highest BCUT2D eigenvalue weighted by molar-refractivity contribution is 8.00. The van der Waals surface area contributed by atoms with Crippen molar-refractivity contribution in [2.75, 3.05) is 5.32 Å². The van der Waals surface area contributed by atoms with E-state index in [0.29, 0.717) is 16.6 Å². The van der Waals surface area contributed by atoms with Gasteiger partial charge in [0, 0.05) is 5.75 Å². The normalized spacial score (nSPS) is 10.6. The molecule has 0 bridgehead atoms. The molecule has 0 amide bonds. The van der Waals surface area contributed by atoms with E-state index < -0.39 is 0 Å². The van der Waals surface area contributed by atoms with Crippen LogP contribution in [0.2, 0.25) is 0 Å². The van der Waals surface area contributed by atoms with E-state index in [4.69, 9.17) is 0 Å². The third-order valence-corrected chi connectivity index (χ3v) is 4.82. The lowest BCUT2D eigenvalue weighted by atomic mass is 10.2. The van der Waals surface area contributed by atoms with Crippen LogP contribution in [0.1, 0.15) is 5.56 Å². The highest BCUT2D eigenvalue weighted by atomic mass is 32.2. The van der Waals surface area contributed by atoms with Gasteiger partial charge in [-0.1, -0.05) is 47.4 Å². The van der Waals surface area contributed by atoms with Crippen molar-refractivity contribution in [1.29, 1.82) is 0 Å². The molecule has 112 valence electrons. The highest BCUT2D eigenvalue weighted by Crippen LogP contribution is 2.30. The molecule has 0 aliphatic carbocycles. The van der Waals surface area contributed by atoms with Gasteiger partial charge >= 0.3 is 0 Å². The maximum Gasteiger partial charge on any atom is 0.210 e. The molecule has 1 aromatic heterocycles. The third-order valence-electron chi connectivity index (χ3n) is 2.77. The monoisotopic (exact) mass is 335 g/mol. The molecule has 0 saturated heterocycles. The number of hydrogen-bond acceptors (Lipinski definition) is 5. The summed E-state index contributed by atoms with van der Waals surface area (Å²) in [5.74, 6) is 0.00969. The van der Waals surface area contributed by atoms with Gasteiger partial charge < -0.3 is 5.32 Å². The zero-order chi connectivity index (χ0) is 15.4. The van der Waals surface area contributed by atoms with E-state index in [2.05, 4.69) is 15.5 Å². The molecule has 0 unspecified atom stereocenters. The van der Waals surface area contributed by atoms with Crippen molar-refractivity contribution in [3.05, 3.63) is 65.7 Å². The number of nitrogens with one attached hydrogen (secondary N) is 1. The van der Waals surface area contributed by atoms with Gasteiger partial charge in [-0.25, -0.2) is 8.78 Å². The van der Waals surface area contributed by atoms with E-state index in [0.717, 1.165) is 9.90 Å². The summed E-state index contributed by atoms with van der Waals surface area (Å²) in [5, 5.41) is 11.4. The number of thioether (sulfide) groups is 1. The van der Waals surface area contributed by atoms with Gasteiger partial charge in [0.1, 0.15) is 11.6 Å². The smallest absolute Gasteiger partial charge is 0.210 e. The first-order valence-corrected chi connectivity index (χ1v) is 8.23. The Hall–Kier alpha value is -1.99. The predicted molar refractivity (Wildman–Crippen MR) is 85.6 cm³/mol. The number of rotatable bonds is 5. The SMILES string of the molecule is Fc1cccc(CSc2nnc(Nc3ccccc3F)s2)c1. The van der Waals surface area contributed by atoms with Crippen LogP contribution in [0.3, 0.4) is 0 Å². The molecular weight excluding hydrogens is 324 g/mol. The van der Waals surface area contributed by atoms with E-state index in [9.17, 15) is 8.78 Å². The Morgan fingerprint density at radius 2 is 1.91 bits per heavy atom. The van der Waals surface area contributed by atoms with Crippen molar-refractivity contribution in [1.82, 2.24) is 10.2 Å². The molecule has 1 heterocycles. The molecule has 2 aromatic carbocycles. The average molecular weight is 335 g/mol. The molecular formula is C15H11F2N3S2. The number of hydrogen-bond donors (Lipinski definition) is 1. The molecule has 0 aliphatic heterocycles. The van der Waals surface area contributed by atoms with E-state index in [1.807, 2.05) is 6.07 Å². The fourth-order valence-corrected chi connectivity index (χ4v) is 3.48. The van der Waals surface area contributed by atoms with Crippen LogP contribution in [0.5, 0.6) is 0 Å². The summed E-state index contributed by atoms with van der Waals surface area (Å²) < 4.78 is 27.4. The Labute approximate surface area is 134 Å². The molecule has 22 heavy (non-hydrogen) atoms. The van der Waals surface area contributed by atoms with Crippen LogP contribution < -0.4 is 5.32 Å². The molecule has 0 fully saturated rings. The fraction of sp³-hybridized carbons (Fsp3) is 0.0667. The van der Waals surface area contributed by atoms with Gasteiger partial charge in [-0.15, -0.1) is 10.2 Å². The molecule has 0 radical (unpaired) electrons. The van der Waals surface area contributed by atoms with E-state index in [1.165, 1.54) is 41.3 Å². The lowest BCUT2D eigenvalue weighted by Gasteiger charge is -2.01. The van der Waals surface area contributed by atoms with Gasteiger partial charge in [0.25, 0.3) is 0 Å². The minimum atomic E-state index is -0.341. The topological polar surface area (TPSA) is 37.8 Å². The summed E-state index contributed by atoms with van der Waals surface area (Å²) in [4.78, 5) is 0. The van der Waals surface area contributed by atoms with Gasteiger partial charge in [-0.3, -0.25) is 0 Å². The van der Waals surface area contributed by atoms with E-state index in [1.54, 1.807) is 24.3 Å². The van der Waals surface area contributed by atoms with Crippen molar-refractivity contribution in [3.63, 3.8) is 0 Å². The Kier molecular flexibility index (Phi) is 4.65. The van der Waals surface area contributed by atoms with Gasteiger partial charge in [0.15, 0.2) is 4.34 Å². The first-order valence-electron chi connectivity index (χ1n) is 6.43. The quantitative estimate of drug-likeness (QED) is 0.676. The van der Waals surface area contributed by atoms with Crippen LogP contribution in [0.4, 0.5) is 19.6 Å². The molecule has 3 rings (SSSR count). The summed E-state index contributed by atoms with van der Waals surface area (Å²) >= 11 is 2.79. The summed E-state index contributed by atoms with van der Waals surface area (Å²) in [6.45, 7) is 0. The minimum Gasteiger partial charge on any atom is -0.328 e. The van der Waals surface area contributed by atoms with Crippen molar-refractivity contribution in [2.45, 2.75) is 10.1 Å². The zero-order valence-corrected chi connectivity index (χ0v) is 12.9. The number of nitrogens with zero attached hydrogens (tertiary/aromatic N) is 2. The van der Waals surface area contributed by atoms with Crippen LogP contribution in [-0.4, -0.2) is 10.2 Å². The number of halogens is 2. The van der Waals surface area contributed by atoms with E-state index in [-0.39, 0.29) is 11.6 Å². The van der Waals surface area contributed by atoms with E-state index >= 15 is 0 Å². The van der Waals surface area contributed by atoms with Crippen LogP contribution in [0.25, 0.3) is 0 Å². The number of anilines is 2. The summed E-state index contributed by atoms with van der Waals surface area (Å²) in [7, 11) is 0. The standard InChI is InChI=1S/C15H11F2N3S2/c16-11-5-3-4-10(8-11)9-21-15-20-19-14(22-15)18-13-7-2-1-6-12(13)17/h1-8H,9H2,(H,18,19). The zero-order valence-electron chi connectivity index (χ0n) is 11.3. The van der Waals surface area contributed by atoms with Crippen LogP contribution in [-0.2, 0) is 5.75 Å². The molecule has 0 spiro atoms. The summed E-state index contributed by atoms with van der Waals surface area (Å²) in [5.41, 5.74) is 1.24. The van der Waals surface area contributed by atoms with Gasteiger partial charge in [0.2, 0.25) is 5.13 Å². The largest absolute Gasteiger partial charge is 0.328 e. The van der Waals surface area contributed by atoms with Gasteiger partial charge in [-0.05, 0) is 29.8 Å². The van der Waals surface area contributed by atoms with Crippen molar-refractivity contribution >= 4 is 33.9 Å². The van der Waals surface area contributed by atoms with Crippen LogP contribution >= 0.6 is 23.1 Å². The van der Waals surface area contributed by atoms with Crippen molar-refractivity contribution in [3.8, 4) is 0 Å². The fourth-order valence-electron chi connectivity index (χ4n) is 1.77. The first kappa shape index (κ1) is 14.9. The predicted octanol–water partition coefficient (Wildman–Crippen LogP) is 4.85. The molecule has 3 nitrogen and oxygen atoms in total. The van der Waals surface area contributed by atoms with Gasteiger partial charge in [-0.2, -0.15) is 0 Å². The number of aromatic nitrogens is 2. The maximum absolute atomic E-state index is 13.5. The second-order valence-electron chi connectivity index (χ2n) is 4.40. The highest BCUT2D eigenvalue weighted by Gasteiger charge is 2.08. The number of benzene rings is 2. The molecule has 7 heteroatoms. The molecule has 0 saturated carbocycles. The van der Waals surface area contributed by atoms with Crippen LogP contribution in [0.15, 0.2) is 52.9 Å². The number of para-hydroxylation sites is 1. The Morgan fingerprint density at radius 3 is 2.73 bits per heavy atom. The minimum absolute atomic E-state index is 0.253. The maximum atomic E-state index is 13.5. The second kappa shape index (κ2) is 6.85. The third kappa shape index (κ3) is 3.80. The van der Waals surface area contributed by atoms with Crippen LogP contribution in [0, 0.1) is 11.6 Å². The van der Waals surface area contributed by atoms with Crippen molar-refractivity contribution < 1.29 is 8.78 Å². The molecule has 3 aromatic rings. The Morgan fingerprint density at radius 1 is 1.05 bits per heavy atom. The Balaban J connectivity index is 1.63. The summed E-state index contributed by atoms with van der Waals surface area (Å²) in [6.07, 6.45) is 0.